The summed E-state index contributed by atoms with van der Waals surface area (Å²) >= 11 is 5.12. The number of nitro groups is 1. The number of carbonyl (C=O) groups is 1. The summed E-state index contributed by atoms with van der Waals surface area (Å²) in [5.41, 5.74) is 3.24. The second-order valence-corrected chi connectivity index (χ2v) is 9.73. The highest BCUT2D eigenvalue weighted by molar-refractivity contribution is 7.92. The van der Waals surface area contributed by atoms with Gasteiger partial charge in [0.15, 0.2) is 5.11 Å². The van der Waals surface area contributed by atoms with Gasteiger partial charge < -0.3 is 5.32 Å². The lowest BCUT2D eigenvalue weighted by Crippen LogP contribution is -2.32. The number of carbonyl (C=O) groups excluding carboxylic acids is 1. The summed E-state index contributed by atoms with van der Waals surface area (Å²) in [6.45, 7) is 3.77. The SMILES string of the molecule is Cc1cc(C)cc(NS(=O)(=O)c2ccc(NC(=S)NC(=O)/C=C/c3cccc([N+](=O)[O-])c3)cc2)c1. The number of nitro benzene ring substituents is 1. The third-order valence-corrected chi connectivity index (χ3v) is 6.24. The Morgan fingerprint density at radius 2 is 1.63 bits per heavy atom. The molecule has 3 rings (SSSR count). The van der Waals surface area contributed by atoms with Crippen molar-refractivity contribution in [2.24, 2.45) is 0 Å². The van der Waals surface area contributed by atoms with Crippen LogP contribution >= 0.6 is 12.2 Å². The van der Waals surface area contributed by atoms with Crippen LogP contribution in [0.15, 0.2) is 77.7 Å². The van der Waals surface area contributed by atoms with Gasteiger partial charge in [0.25, 0.3) is 15.7 Å². The monoisotopic (exact) mass is 510 g/mol. The highest BCUT2D eigenvalue weighted by atomic mass is 32.2. The predicted octanol–water partition coefficient (Wildman–Crippen LogP) is 4.54. The van der Waals surface area contributed by atoms with Crippen molar-refractivity contribution in [3.05, 3.63) is 99.6 Å². The fourth-order valence-electron chi connectivity index (χ4n) is 3.19. The molecule has 0 saturated heterocycles. The number of anilines is 2. The zero-order valence-corrected chi connectivity index (χ0v) is 20.4. The molecule has 0 aliphatic carbocycles. The maximum Gasteiger partial charge on any atom is 0.270 e. The van der Waals surface area contributed by atoms with E-state index in [0.29, 0.717) is 16.9 Å². The average Bonchev–Trinajstić information content (AvgIpc) is 2.77. The molecule has 0 radical (unpaired) electrons. The number of nitrogens with one attached hydrogen (secondary N) is 3. The first-order valence-electron chi connectivity index (χ1n) is 10.3. The molecule has 0 bridgehead atoms. The molecule has 0 aliphatic heterocycles. The van der Waals surface area contributed by atoms with E-state index in [0.717, 1.165) is 11.1 Å². The molecule has 0 spiro atoms. The molecule has 3 aromatic carbocycles. The largest absolute Gasteiger partial charge is 0.332 e. The molecule has 0 atom stereocenters. The van der Waals surface area contributed by atoms with Gasteiger partial charge in [-0.25, -0.2) is 8.42 Å². The Balaban J connectivity index is 1.58. The molecule has 0 saturated carbocycles. The fourth-order valence-corrected chi connectivity index (χ4v) is 4.45. The van der Waals surface area contributed by atoms with E-state index in [1.54, 1.807) is 18.2 Å². The molecular formula is C24H22N4O5S2. The fraction of sp³-hybridized carbons (Fsp3) is 0.0833. The van der Waals surface area contributed by atoms with Crippen LogP contribution in [0, 0.1) is 24.0 Å². The van der Waals surface area contributed by atoms with Gasteiger partial charge in [-0.05, 0) is 85.2 Å². The molecule has 9 nitrogen and oxygen atoms in total. The zero-order chi connectivity index (χ0) is 25.6. The summed E-state index contributed by atoms with van der Waals surface area (Å²) in [7, 11) is -3.78. The summed E-state index contributed by atoms with van der Waals surface area (Å²) in [5.74, 6) is -0.536. The lowest BCUT2D eigenvalue weighted by molar-refractivity contribution is -0.384. The molecule has 0 heterocycles. The maximum atomic E-state index is 12.7. The van der Waals surface area contributed by atoms with Gasteiger partial charge in [0.2, 0.25) is 5.91 Å². The van der Waals surface area contributed by atoms with E-state index in [-0.39, 0.29) is 15.7 Å². The van der Waals surface area contributed by atoms with Crippen molar-refractivity contribution < 1.29 is 18.1 Å². The van der Waals surface area contributed by atoms with Crippen LogP contribution in [0.1, 0.15) is 16.7 Å². The number of thiocarbonyl (C=S) groups is 1. The van der Waals surface area contributed by atoms with E-state index in [9.17, 15) is 23.3 Å². The summed E-state index contributed by atoms with van der Waals surface area (Å²) in [5, 5.41) is 16.1. The molecular weight excluding hydrogens is 488 g/mol. The third kappa shape index (κ3) is 7.45. The first-order chi connectivity index (χ1) is 16.5. The Hall–Kier alpha value is -4.09. The lowest BCUT2D eigenvalue weighted by atomic mass is 10.1. The smallest absolute Gasteiger partial charge is 0.270 e. The van der Waals surface area contributed by atoms with E-state index >= 15 is 0 Å². The van der Waals surface area contributed by atoms with E-state index < -0.39 is 20.9 Å². The van der Waals surface area contributed by atoms with Gasteiger partial charge in [0.1, 0.15) is 0 Å². The molecule has 35 heavy (non-hydrogen) atoms. The van der Waals surface area contributed by atoms with Crippen LogP contribution < -0.4 is 15.4 Å². The Kier molecular flexibility index (Phi) is 7.94. The first-order valence-corrected chi connectivity index (χ1v) is 12.2. The lowest BCUT2D eigenvalue weighted by Gasteiger charge is -2.11. The number of rotatable bonds is 7. The van der Waals surface area contributed by atoms with Crippen molar-refractivity contribution in [3.63, 3.8) is 0 Å². The minimum Gasteiger partial charge on any atom is -0.332 e. The predicted molar refractivity (Wildman–Crippen MR) is 140 cm³/mol. The summed E-state index contributed by atoms with van der Waals surface area (Å²) in [6, 6.07) is 17.1. The van der Waals surface area contributed by atoms with Crippen LogP contribution in [-0.4, -0.2) is 24.4 Å². The van der Waals surface area contributed by atoms with Crippen LogP contribution in [0.4, 0.5) is 17.1 Å². The number of benzene rings is 3. The van der Waals surface area contributed by atoms with Crippen LogP contribution in [-0.2, 0) is 14.8 Å². The standard InChI is InChI=1S/C24H22N4O5S2/c1-16-12-17(2)14-20(13-16)27-35(32,33)22-9-7-19(8-10-22)25-24(34)26-23(29)11-6-18-4-3-5-21(15-18)28(30)31/h3-15,27H,1-2H3,(H2,25,26,29,34)/b11-6+. The average molecular weight is 511 g/mol. The Morgan fingerprint density at radius 3 is 2.26 bits per heavy atom. The van der Waals surface area contributed by atoms with Crippen molar-refractivity contribution in [2.45, 2.75) is 18.7 Å². The van der Waals surface area contributed by atoms with Gasteiger partial charge in [-0.1, -0.05) is 18.2 Å². The molecule has 3 N–H and O–H groups in total. The van der Waals surface area contributed by atoms with Crippen LogP contribution in [0.5, 0.6) is 0 Å². The van der Waals surface area contributed by atoms with Crippen LogP contribution in [0.3, 0.4) is 0 Å². The quantitative estimate of drug-likeness (QED) is 0.184. The van der Waals surface area contributed by atoms with Crippen molar-refractivity contribution in [1.82, 2.24) is 5.32 Å². The van der Waals surface area contributed by atoms with Crippen molar-refractivity contribution >= 4 is 56.4 Å². The number of nitrogens with zero attached hydrogens (tertiary/aromatic N) is 1. The first kappa shape index (κ1) is 25.5. The van der Waals surface area contributed by atoms with Gasteiger partial charge >= 0.3 is 0 Å². The van der Waals surface area contributed by atoms with Crippen molar-refractivity contribution in [2.75, 3.05) is 10.0 Å². The van der Waals surface area contributed by atoms with Crippen LogP contribution in [0.25, 0.3) is 6.08 Å². The van der Waals surface area contributed by atoms with E-state index in [1.165, 1.54) is 54.6 Å². The minimum absolute atomic E-state index is 0.00246. The normalized spacial score (nSPS) is 11.1. The number of amides is 1. The highest BCUT2D eigenvalue weighted by Crippen LogP contribution is 2.20. The minimum atomic E-state index is -3.78. The van der Waals surface area contributed by atoms with Gasteiger partial charge in [0, 0.05) is 29.6 Å². The van der Waals surface area contributed by atoms with E-state index in [1.807, 2.05) is 19.9 Å². The van der Waals surface area contributed by atoms with Crippen molar-refractivity contribution in [3.8, 4) is 0 Å². The van der Waals surface area contributed by atoms with Crippen molar-refractivity contribution in [1.29, 1.82) is 0 Å². The molecule has 0 unspecified atom stereocenters. The highest BCUT2D eigenvalue weighted by Gasteiger charge is 2.15. The molecule has 1 amide bonds. The van der Waals surface area contributed by atoms with E-state index in [2.05, 4.69) is 15.4 Å². The number of aryl methyl sites for hydroxylation is 2. The van der Waals surface area contributed by atoms with E-state index in [4.69, 9.17) is 12.2 Å². The number of hydrogen-bond acceptors (Lipinski definition) is 6. The molecule has 0 fully saturated rings. The maximum absolute atomic E-state index is 12.7. The molecule has 180 valence electrons. The van der Waals surface area contributed by atoms with Gasteiger partial charge in [-0.3, -0.25) is 24.9 Å². The number of hydrogen-bond donors (Lipinski definition) is 3. The second kappa shape index (κ2) is 10.9. The Labute approximate surface area is 208 Å². The Morgan fingerprint density at radius 1 is 0.971 bits per heavy atom. The second-order valence-electron chi connectivity index (χ2n) is 7.64. The summed E-state index contributed by atoms with van der Waals surface area (Å²) in [4.78, 5) is 22.5. The van der Waals surface area contributed by atoms with Gasteiger partial charge in [-0.2, -0.15) is 0 Å². The zero-order valence-electron chi connectivity index (χ0n) is 18.8. The Bertz CT molecular complexity index is 1400. The number of sulfonamides is 1. The molecule has 0 aliphatic rings. The van der Waals surface area contributed by atoms with Gasteiger partial charge in [0.05, 0.1) is 9.82 Å². The summed E-state index contributed by atoms with van der Waals surface area (Å²) in [6.07, 6.45) is 2.62. The summed E-state index contributed by atoms with van der Waals surface area (Å²) < 4.78 is 27.9. The van der Waals surface area contributed by atoms with Gasteiger partial charge in [-0.15, -0.1) is 0 Å². The number of non-ortho nitro benzene ring substituents is 1. The van der Waals surface area contributed by atoms with Crippen LogP contribution in [0.2, 0.25) is 0 Å². The third-order valence-electron chi connectivity index (χ3n) is 4.64. The topological polar surface area (TPSA) is 130 Å². The molecule has 3 aromatic rings. The molecule has 11 heteroatoms. The molecule has 0 aromatic heterocycles.